The van der Waals surface area contributed by atoms with Gasteiger partial charge in [0.2, 0.25) is 0 Å². The van der Waals surface area contributed by atoms with Gasteiger partial charge in [-0.2, -0.15) is 0 Å². The molecule has 1 aromatic heterocycles. The Morgan fingerprint density at radius 2 is 2.33 bits per heavy atom. The molecule has 1 aromatic carbocycles. The number of hydrogen-bond acceptors (Lipinski definition) is 3. The number of benzene rings is 1. The first-order valence-electron chi connectivity index (χ1n) is 5.89. The number of ether oxygens (including phenoxy) is 1. The lowest BCUT2D eigenvalue weighted by molar-refractivity contribution is 0.180. The normalized spacial score (nSPS) is 17.8. The molecule has 18 heavy (non-hydrogen) atoms. The van der Waals surface area contributed by atoms with Crippen LogP contribution in [0.2, 0.25) is 0 Å². The molecule has 2 aromatic rings. The van der Waals surface area contributed by atoms with Crippen molar-refractivity contribution in [1.82, 2.24) is 0 Å². The minimum Gasteiger partial charge on any atom is -0.488 e. The fourth-order valence-corrected chi connectivity index (χ4v) is 3.67. The summed E-state index contributed by atoms with van der Waals surface area (Å²) in [7, 11) is 0. The van der Waals surface area contributed by atoms with Gasteiger partial charge >= 0.3 is 0 Å². The zero-order chi connectivity index (χ0) is 12.5. The highest BCUT2D eigenvalue weighted by Crippen LogP contribution is 2.37. The summed E-state index contributed by atoms with van der Waals surface area (Å²) >= 11 is 5.12. The van der Waals surface area contributed by atoms with Gasteiger partial charge in [-0.1, -0.05) is 12.1 Å². The number of aliphatic hydroxyl groups excluding tert-OH is 1. The number of rotatable bonds is 3. The zero-order valence-electron chi connectivity index (χ0n) is 9.73. The summed E-state index contributed by atoms with van der Waals surface area (Å²) in [5.74, 6) is 0.911. The average molecular weight is 325 g/mol. The predicted molar refractivity (Wildman–Crippen MR) is 76.1 cm³/mol. The molecule has 0 saturated heterocycles. The largest absolute Gasteiger partial charge is 0.488 e. The van der Waals surface area contributed by atoms with Crippen LogP contribution in [-0.2, 0) is 13.0 Å². The maximum Gasteiger partial charge on any atom is 0.123 e. The van der Waals surface area contributed by atoms with E-state index in [1.54, 1.807) is 11.3 Å². The minimum absolute atomic E-state index is 0.320. The number of hydrogen-bond donors (Lipinski definition) is 1. The summed E-state index contributed by atoms with van der Waals surface area (Å²) in [6, 6.07) is 8.00. The Morgan fingerprint density at radius 3 is 3.11 bits per heavy atom. The number of halogens is 1. The van der Waals surface area contributed by atoms with E-state index in [2.05, 4.69) is 27.4 Å². The van der Waals surface area contributed by atoms with Crippen LogP contribution < -0.4 is 4.74 Å². The van der Waals surface area contributed by atoms with Crippen LogP contribution in [0.5, 0.6) is 5.75 Å². The first kappa shape index (κ1) is 12.2. The Bertz CT molecular complexity index is 565. The molecule has 94 valence electrons. The second-order valence-corrected chi connectivity index (χ2v) is 6.31. The molecule has 1 aliphatic rings. The third-order valence-electron chi connectivity index (χ3n) is 3.19. The molecule has 0 bridgehead atoms. The molecule has 1 N–H and O–H groups in total. The highest BCUT2D eigenvalue weighted by atomic mass is 79.9. The Morgan fingerprint density at radius 1 is 1.44 bits per heavy atom. The molecule has 0 spiro atoms. The van der Waals surface area contributed by atoms with Crippen LogP contribution in [0.3, 0.4) is 0 Å². The fourth-order valence-electron chi connectivity index (χ4n) is 2.31. The van der Waals surface area contributed by atoms with E-state index >= 15 is 0 Å². The standard InChI is InChI=1S/C14H13BrO2S/c15-9-6-10(18-8-9)7-17-14-3-1-2-11-12(14)4-5-13(11)16/h1-3,6,8,13,16H,4-5,7H2. The summed E-state index contributed by atoms with van der Waals surface area (Å²) in [5, 5.41) is 11.9. The molecule has 1 heterocycles. The van der Waals surface area contributed by atoms with Crippen LogP contribution in [0.25, 0.3) is 0 Å². The van der Waals surface area contributed by atoms with Gasteiger partial charge < -0.3 is 9.84 Å². The van der Waals surface area contributed by atoms with Crippen molar-refractivity contribution >= 4 is 27.3 Å². The monoisotopic (exact) mass is 324 g/mol. The van der Waals surface area contributed by atoms with Gasteiger partial charge in [0, 0.05) is 20.3 Å². The summed E-state index contributed by atoms with van der Waals surface area (Å²) in [4.78, 5) is 1.19. The fraction of sp³-hybridized carbons (Fsp3) is 0.286. The smallest absolute Gasteiger partial charge is 0.123 e. The molecule has 0 fully saturated rings. The van der Waals surface area contributed by atoms with Crippen LogP contribution in [0, 0.1) is 0 Å². The van der Waals surface area contributed by atoms with Crippen molar-refractivity contribution in [3.8, 4) is 5.75 Å². The number of fused-ring (bicyclic) bond motifs is 1. The third kappa shape index (κ3) is 2.32. The van der Waals surface area contributed by atoms with Gasteiger partial charge in [0.05, 0.1) is 6.10 Å². The first-order valence-corrected chi connectivity index (χ1v) is 7.57. The second-order valence-electron chi connectivity index (χ2n) is 4.40. The van der Waals surface area contributed by atoms with E-state index in [0.717, 1.165) is 28.6 Å². The summed E-state index contributed by atoms with van der Waals surface area (Å²) in [6.07, 6.45) is 1.39. The van der Waals surface area contributed by atoms with E-state index in [0.29, 0.717) is 6.61 Å². The van der Waals surface area contributed by atoms with Crippen LogP contribution in [0.4, 0.5) is 0 Å². The topological polar surface area (TPSA) is 29.5 Å². The van der Waals surface area contributed by atoms with Crippen LogP contribution in [0.1, 0.15) is 28.5 Å². The SMILES string of the molecule is OC1CCc2c(OCc3cc(Br)cs3)cccc21. The lowest BCUT2D eigenvalue weighted by Crippen LogP contribution is -1.97. The van der Waals surface area contributed by atoms with Crippen molar-refractivity contribution in [2.24, 2.45) is 0 Å². The molecule has 4 heteroatoms. The summed E-state index contributed by atoms with van der Waals surface area (Å²) in [6.45, 7) is 0.586. The van der Waals surface area contributed by atoms with Crippen molar-refractivity contribution in [2.45, 2.75) is 25.6 Å². The zero-order valence-corrected chi connectivity index (χ0v) is 12.1. The maximum atomic E-state index is 9.83. The molecule has 3 rings (SSSR count). The molecule has 1 unspecified atom stereocenters. The Kier molecular flexibility index (Phi) is 3.41. The molecular formula is C14H13BrO2S. The van der Waals surface area contributed by atoms with Crippen molar-refractivity contribution in [3.05, 3.63) is 50.1 Å². The molecule has 2 nitrogen and oxygen atoms in total. The van der Waals surface area contributed by atoms with Crippen LogP contribution >= 0.6 is 27.3 Å². The Balaban J connectivity index is 1.78. The summed E-state index contributed by atoms with van der Waals surface area (Å²) < 4.78 is 6.97. The molecule has 0 radical (unpaired) electrons. The van der Waals surface area contributed by atoms with E-state index in [1.165, 1.54) is 10.4 Å². The van der Waals surface area contributed by atoms with Gasteiger partial charge in [-0.15, -0.1) is 11.3 Å². The van der Waals surface area contributed by atoms with E-state index in [4.69, 9.17) is 4.74 Å². The lowest BCUT2D eigenvalue weighted by atomic mass is 10.1. The van der Waals surface area contributed by atoms with E-state index in [1.807, 2.05) is 18.2 Å². The number of thiophene rings is 1. The molecule has 0 aliphatic heterocycles. The number of aliphatic hydroxyl groups is 1. The van der Waals surface area contributed by atoms with Gasteiger partial charge in [0.1, 0.15) is 12.4 Å². The van der Waals surface area contributed by atoms with Crippen molar-refractivity contribution in [2.75, 3.05) is 0 Å². The van der Waals surface area contributed by atoms with Crippen molar-refractivity contribution < 1.29 is 9.84 Å². The average Bonchev–Trinajstić information content (AvgIpc) is 2.94. The lowest BCUT2D eigenvalue weighted by Gasteiger charge is -2.10. The maximum absolute atomic E-state index is 9.83. The highest BCUT2D eigenvalue weighted by Gasteiger charge is 2.23. The Hall–Kier alpha value is -0.840. The molecule has 1 aliphatic carbocycles. The van der Waals surface area contributed by atoms with Gasteiger partial charge in [-0.3, -0.25) is 0 Å². The van der Waals surface area contributed by atoms with Crippen molar-refractivity contribution in [3.63, 3.8) is 0 Å². The third-order valence-corrected chi connectivity index (χ3v) is 4.86. The molecular weight excluding hydrogens is 312 g/mol. The molecule has 0 saturated carbocycles. The van der Waals surface area contributed by atoms with Crippen LogP contribution in [0.15, 0.2) is 34.1 Å². The molecule has 1 atom stereocenters. The second kappa shape index (κ2) is 5.03. The van der Waals surface area contributed by atoms with Gasteiger partial charge in [-0.25, -0.2) is 0 Å². The van der Waals surface area contributed by atoms with E-state index in [9.17, 15) is 5.11 Å². The van der Waals surface area contributed by atoms with Crippen LogP contribution in [-0.4, -0.2) is 5.11 Å². The van der Waals surface area contributed by atoms with Gasteiger partial charge in [0.25, 0.3) is 0 Å². The first-order chi connectivity index (χ1) is 8.74. The van der Waals surface area contributed by atoms with E-state index < -0.39 is 0 Å². The highest BCUT2D eigenvalue weighted by molar-refractivity contribution is 9.10. The van der Waals surface area contributed by atoms with Crippen molar-refractivity contribution in [1.29, 1.82) is 0 Å². The van der Waals surface area contributed by atoms with Gasteiger partial charge in [0.15, 0.2) is 0 Å². The molecule has 0 amide bonds. The Labute approximate surface area is 118 Å². The van der Waals surface area contributed by atoms with E-state index in [-0.39, 0.29) is 6.10 Å². The summed E-state index contributed by atoms with van der Waals surface area (Å²) in [5.41, 5.74) is 2.19. The predicted octanol–water partition coefficient (Wildman–Crippen LogP) is 4.07. The quantitative estimate of drug-likeness (QED) is 0.922. The minimum atomic E-state index is -0.320. The van der Waals surface area contributed by atoms with Gasteiger partial charge in [-0.05, 0) is 46.5 Å².